The van der Waals surface area contributed by atoms with Crippen molar-refractivity contribution in [3.8, 4) is 11.5 Å². The van der Waals surface area contributed by atoms with E-state index in [1.54, 1.807) is 29.9 Å². The van der Waals surface area contributed by atoms with Gasteiger partial charge in [-0.2, -0.15) is 13.2 Å². The smallest absolute Gasteiger partial charge is 0.325 e. The lowest BCUT2D eigenvalue weighted by Crippen LogP contribution is -2.15. The summed E-state index contributed by atoms with van der Waals surface area (Å²) in [6.45, 7) is 0. The van der Waals surface area contributed by atoms with Crippen LogP contribution < -0.4 is 5.32 Å². The first kappa shape index (κ1) is 18.9. The van der Waals surface area contributed by atoms with Crippen LogP contribution in [0.15, 0.2) is 53.8 Å². The number of aromatic nitrogens is 4. The molecule has 0 saturated carbocycles. The van der Waals surface area contributed by atoms with Crippen molar-refractivity contribution in [3.05, 3.63) is 54.2 Å². The van der Waals surface area contributed by atoms with Crippen LogP contribution in [0.3, 0.4) is 0 Å². The van der Waals surface area contributed by atoms with Crippen molar-refractivity contribution in [2.24, 2.45) is 7.05 Å². The number of benzene rings is 1. The molecule has 0 unspecified atom stereocenters. The summed E-state index contributed by atoms with van der Waals surface area (Å²) in [5.74, 6) is 0.0860. The lowest BCUT2D eigenvalue weighted by molar-refractivity contribution is -0.137. The molecule has 1 amide bonds. The molecule has 3 rings (SSSR count). The second-order valence-electron chi connectivity index (χ2n) is 5.50. The zero-order valence-corrected chi connectivity index (χ0v) is 14.9. The van der Waals surface area contributed by atoms with Gasteiger partial charge in [-0.15, -0.1) is 10.2 Å². The van der Waals surface area contributed by atoms with E-state index in [0.29, 0.717) is 16.7 Å². The van der Waals surface area contributed by atoms with Crippen LogP contribution in [0.2, 0.25) is 0 Å². The van der Waals surface area contributed by atoms with Gasteiger partial charge in [0.1, 0.15) is 5.69 Å². The predicted molar refractivity (Wildman–Crippen MR) is 95.0 cm³/mol. The van der Waals surface area contributed by atoms with Gasteiger partial charge in [-0.3, -0.25) is 9.78 Å². The molecule has 6 nitrogen and oxygen atoms in total. The summed E-state index contributed by atoms with van der Waals surface area (Å²) in [5, 5.41) is 11.0. The van der Waals surface area contributed by atoms with Crippen molar-refractivity contribution in [2.75, 3.05) is 11.1 Å². The molecule has 0 fully saturated rings. The van der Waals surface area contributed by atoms with Crippen LogP contribution in [-0.2, 0) is 18.0 Å². The summed E-state index contributed by atoms with van der Waals surface area (Å²) in [5.41, 5.74) is -0.0865. The number of anilines is 1. The Morgan fingerprint density at radius 3 is 2.70 bits per heavy atom. The highest BCUT2D eigenvalue weighted by molar-refractivity contribution is 7.99. The van der Waals surface area contributed by atoms with E-state index in [0.717, 1.165) is 23.9 Å². The Morgan fingerprint density at radius 2 is 2.00 bits per heavy atom. The molecule has 0 radical (unpaired) electrons. The minimum absolute atomic E-state index is 0.0234. The van der Waals surface area contributed by atoms with Gasteiger partial charge in [-0.25, -0.2) is 0 Å². The van der Waals surface area contributed by atoms with E-state index in [4.69, 9.17) is 0 Å². The van der Waals surface area contributed by atoms with E-state index in [1.165, 1.54) is 12.1 Å². The van der Waals surface area contributed by atoms with Crippen LogP contribution in [0, 0.1) is 0 Å². The van der Waals surface area contributed by atoms with Gasteiger partial charge in [-0.1, -0.05) is 23.9 Å². The molecule has 2 aromatic heterocycles. The molecule has 10 heteroatoms. The highest BCUT2D eigenvalue weighted by atomic mass is 32.2. The maximum Gasteiger partial charge on any atom is 0.416 e. The van der Waals surface area contributed by atoms with E-state index in [-0.39, 0.29) is 11.4 Å². The number of nitrogens with zero attached hydrogens (tertiary/aromatic N) is 4. The van der Waals surface area contributed by atoms with Crippen molar-refractivity contribution in [1.29, 1.82) is 0 Å². The van der Waals surface area contributed by atoms with E-state index >= 15 is 0 Å². The van der Waals surface area contributed by atoms with Crippen LogP contribution in [-0.4, -0.2) is 31.4 Å². The number of halogens is 3. The topological polar surface area (TPSA) is 72.7 Å². The van der Waals surface area contributed by atoms with Crippen molar-refractivity contribution < 1.29 is 18.0 Å². The van der Waals surface area contributed by atoms with Gasteiger partial charge >= 0.3 is 6.18 Å². The second kappa shape index (κ2) is 7.78. The number of carbonyl (C=O) groups is 1. The maximum absolute atomic E-state index is 12.7. The molecule has 1 N–H and O–H groups in total. The Hall–Kier alpha value is -2.88. The molecule has 1 aromatic carbocycles. The summed E-state index contributed by atoms with van der Waals surface area (Å²) in [4.78, 5) is 16.3. The highest BCUT2D eigenvalue weighted by Crippen LogP contribution is 2.30. The Kier molecular flexibility index (Phi) is 5.45. The van der Waals surface area contributed by atoms with E-state index < -0.39 is 17.6 Å². The van der Waals surface area contributed by atoms with Crippen molar-refractivity contribution in [2.45, 2.75) is 11.3 Å². The quantitative estimate of drug-likeness (QED) is 0.671. The molecule has 0 saturated heterocycles. The van der Waals surface area contributed by atoms with Crippen LogP contribution in [0.1, 0.15) is 5.56 Å². The molecule has 0 aliphatic carbocycles. The lowest BCUT2D eigenvalue weighted by atomic mass is 10.2. The lowest BCUT2D eigenvalue weighted by Gasteiger charge is -2.09. The molecular formula is C17H14F3N5OS. The summed E-state index contributed by atoms with van der Waals surface area (Å²) in [6.07, 6.45) is -2.82. The maximum atomic E-state index is 12.7. The molecule has 0 atom stereocenters. The number of pyridine rings is 1. The third-order valence-electron chi connectivity index (χ3n) is 3.53. The third-order valence-corrected chi connectivity index (χ3v) is 4.56. The van der Waals surface area contributed by atoms with E-state index in [2.05, 4.69) is 20.5 Å². The SMILES string of the molecule is Cn1c(SCC(=O)Nc2cccc(C(F)(F)F)c2)nnc1-c1ccccn1. The number of thioether (sulfide) groups is 1. The van der Waals surface area contributed by atoms with E-state index in [9.17, 15) is 18.0 Å². The Morgan fingerprint density at radius 1 is 1.19 bits per heavy atom. The number of hydrogen-bond donors (Lipinski definition) is 1. The summed E-state index contributed by atoms with van der Waals surface area (Å²) < 4.78 is 39.9. The van der Waals surface area contributed by atoms with E-state index in [1.807, 2.05) is 6.07 Å². The number of carbonyl (C=O) groups excluding carboxylic acids is 1. The minimum atomic E-state index is -4.46. The number of nitrogens with one attached hydrogen (secondary N) is 1. The van der Waals surface area contributed by atoms with Gasteiger partial charge in [0, 0.05) is 18.9 Å². The first-order valence-corrected chi connectivity index (χ1v) is 8.74. The average Bonchev–Trinajstić information content (AvgIpc) is 3.01. The van der Waals surface area contributed by atoms with Crippen molar-refractivity contribution in [1.82, 2.24) is 19.7 Å². The molecule has 3 aromatic rings. The monoisotopic (exact) mass is 393 g/mol. The Labute approximate surface area is 156 Å². The molecular weight excluding hydrogens is 379 g/mol. The number of rotatable bonds is 5. The van der Waals surface area contributed by atoms with Crippen LogP contribution >= 0.6 is 11.8 Å². The first-order valence-electron chi connectivity index (χ1n) is 7.75. The largest absolute Gasteiger partial charge is 0.416 e. The Bertz CT molecular complexity index is 943. The molecule has 0 aliphatic rings. The second-order valence-corrected chi connectivity index (χ2v) is 6.44. The van der Waals surface area contributed by atoms with Crippen LogP contribution in [0.5, 0.6) is 0 Å². The Balaban J connectivity index is 1.63. The average molecular weight is 393 g/mol. The molecule has 0 spiro atoms. The van der Waals surface area contributed by atoms with Gasteiger partial charge in [0.15, 0.2) is 11.0 Å². The van der Waals surface area contributed by atoms with Crippen molar-refractivity contribution in [3.63, 3.8) is 0 Å². The normalized spacial score (nSPS) is 11.4. The van der Waals surface area contributed by atoms with Gasteiger partial charge in [0.05, 0.1) is 11.3 Å². The molecule has 27 heavy (non-hydrogen) atoms. The van der Waals surface area contributed by atoms with Gasteiger partial charge in [0.25, 0.3) is 0 Å². The standard InChI is InChI=1S/C17H14F3N5OS/c1-25-15(13-7-2-3-8-21-13)23-24-16(25)27-10-14(26)22-12-6-4-5-11(9-12)17(18,19)20/h2-9H,10H2,1H3,(H,22,26). The fourth-order valence-electron chi connectivity index (χ4n) is 2.26. The summed E-state index contributed by atoms with van der Waals surface area (Å²) in [7, 11) is 1.75. The van der Waals surface area contributed by atoms with Crippen LogP contribution in [0.25, 0.3) is 11.5 Å². The fourth-order valence-corrected chi connectivity index (χ4v) is 2.97. The van der Waals surface area contributed by atoms with Gasteiger partial charge in [0.2, 0.25) is 5.91 Å². The van der Waals surface area contributed by atoms with Gasteiger partial charge < -0.3 is 9.88 Å². The first-order chi connectivity index (χ1) is 12.8. The zero-order valence-electron chi connectivity index (χ0n) is 14.1. The van der Waals surface area contributed by atoms with Gasteiger partial charge in [-0.05, 0) is 30.3 Å². The minimum Gasteiger partial charge on any atom is -0.325 e. The number of hydrogen-bond acceptors (Lipinski definition) is 5. The fraction of sp³-hybridized carbons (Fsp3) is 0.176. The zero-order chi connectivity index (χ0) is 19.4. The number of alkyl halides is 3. The van der Waals surface area contributed by atoms with Crippen molar-refractivity contribution >= 4 is 23.4 Å². The molecule has 0 bridgehead atoms. The molecule has 140 valence electrons. The predicted octanol–water partition coefficient (Wildman–Crippen LogP) is 3.63. The highest BCUT2D eigenvalue weighted by Gasteiger charge is 2.30. The molecule has 0 aliphatic heterocycles. The summed E-state index contributed by atoms with van der Waals surface area (Å²) in [6, 6.07) is 9.89. The van der Waals surface area contributed by atoms with Crippen LogP contribution in [0.4, 0.5) is 18.9 Å². The third kappa shape index (κ3) is 4.64. The summed E-state index contributed by atoms with van der Waals surface area (Å²) >= 11 is 1.13. The molecule has 2 heterocycles. The number of amides is 1.